The van der Waals surface area contributed by atoms with E-state index in [1.54, 1.807) is 7.11 Å². The number of methoxy groups -OCH3 is 1. The smallest absolute Gasteiger partial charge is 0.193 e. The monoisotopic (exact) mass is 323 g/mol. The molecule has 126 valence electrons. The Kier molecular flexibility index (Phi) is 5.04. The Morgan fingerprint density at radius 3 is 2.71 bits per heavy atom. The molecule has 0 heterocycles. The summed E-state index contributed by atoms with van der Waals surface area (Å²) in [4.78, 5) is 6.54. The van der Waals surface area contributed by atoms with E-state index in [1.165, 1.54) is 11.1 Å². The Balaban J connectivity index is 1.58. The summed E-state index contributed by atoms with van der Waals surface area (Å²) in [6, 6.07) is 16.8. The van der Waals surface area contributed by atoms with Crippen molar-refractivity contribution in [1.29, 1.82) is 0 Å². The third-order valence-electron chi connectivity index (χ3n) is 4.64. The fourth-order valence-corrected chi connectivity index (χ4v) is 3.31. The summed E-state index contributed by atoms with van der Waals surface area (Å²) < 4.78 is 5.44. The predicted octanol–water partition coefficient (Wildman–Crippen LogP) is 3.04. The highest BCUT2D eigenvalue weighted by atomic mass is 16.5. The predicted molar refractivity (Wildman–Crippen MR) is 98.7 cm³/mol. The number of benzene rings is 2. The lowest BCUT2D eigenvalue weighted by Gasteiger charge is -2.32. The van der Waals surface area contributed by atoms with Gasteiger partial charge in [0.2, 0.25) is 0 Å². The summed E-state index contributed by atoms with van der Waals surface area (Å²) >= 11 is 0. The molecule has 0 fully saturated rings. The van der Waals surface area contributed by atoms with Crippen LogP contribution in [0.1, 0.15) is 22.6 Å². The lowest BCUT2D eigenvalue weighted by Crippen LogP contribution is -2.41. The summed E-state index contributed by atoms with van der Waals surface area (Å²) in [5.74, 6) is 2.40. The minimum absolute atomic E-state index is 0.581. The average Bonchev–Trinajstić information content (AvgIpc) is 2.59. The van der Waals surface area contributed by atoms with Crippen LogP contribution in [0.4, 0.5) is 0 Å². The van der Waals surface area contributed by atoms with Gasteiger partial charge < -0.3 is 15.0 Å². The van der Waals surface area contributed by atoms with Crippen LogP contribution in [0.5, 0.6) is 5.75 Å². The van der Waals surface area contributed by atoms with Gasteiger partial charge in [-0.1, -0.05) is 42.5 Å². The molecule has 0 amide bonds. The van der Waals surface area contributed by atoms with Crippen molar-refractivity contribution in [3.8, 4) is 5.75 Å². The minimum Gasteiger partial charge on any atom is -0.496 e. The van der Waals surface area contributed by atoms with Gasteiger partial charge in [-0.15, -0.1) is 0 Å². The van der Waals surface area contributed by atoms with Crippen LogP contribution in [0.3, 0.4) is 0 Å². The van der Waals surface area contributed by atoms with Gasteiger partial charge in [-0.2, -0.15) is 0 Å². The number of ether oxygens (including phenoxy) is 1. The molecule has 1 atom stereocenters. The SMILES string of the molecule is CN=C(NCC1Cc2ccccc21)N(C)Cc1ccccc1OC. The van der Waals surface area contributed by atoms with E-state index in [0.717, 1.165) is 36.8 Å². The van der Waals surface area contributed by atoms with Crippen molar-refractivity contribution < 1.29 is 4.74 Å². The van der Waals surface area contributed by atoms with E-state index in [9.17, 15) is 0 Å². The quantitative estimate of drug-likeness (QED) is 0.679. The number of aliphatic imine (C=N–C) groups is 1. The molecule has 0 bridgehead atoms. The zero-order valence-electron chi connectivity index (χ0n) is 14.6. The third-order valence-corrected chi connectivity index (χ3v) is 4.64. The van der Waals surface area contributed by atoms with E-state index in [2.05, 4.69) is 52.6 Å². The van der Waals surface area contributed by atoms with E-state index >= 15 is 0 Å². The normalized spacial score (nSPS) is 16.1. The van der Waals surface area contributed by atoms with E-state index in [0.29, 0.717) is 5.92 Å². The summed E-state index contributed by atoms with van der Waals surface area (Å²) in [6.07, 6.45) is 1.15. The number of hydrogen-bond acceptors (Lipinski definition) is 2. The topological polar surface area (TPSA) is 36.9 Å². The second-order valence-corrected chi connectivity index (χ2v) is 6.20. The van der Waals surface area contributed by atoms with E-state index < -0.39 is 0 Å². The van der Waals surface area contributed by atoms with Crippen molar-refractivity contribution in [3.05, 3.63) is 65.2 Å². The van der Waals surface area contributed by atoms with Gasteiger partial charge >= 0.3 is 0 Å². The maximum atomic E-state index is 5.44. The van der Waals surface area contributed by atoms with Gasteiger partial charge in [-0.05, 0) is 23.6 Å². The number of fused-ring (bicyclic) bond motifs is 1. The summed E-state index contributed by atoms with van der Waals surface area (Å²) in [6.45, 7) is 1.67. The first kappa shape index (κ1) is 16.4. The first-order valence-electron chi connectivity index (χ1n) is 8.34. The van der Waals surface area contributed by atoms with Crippen molar-refractivity contribution in [3.63, 3.8) is 0 Å². The molecule has 1 aliphatic carbocycles. The summed E-state index contributed by atoms with van der Waals surface area (Å²) in [7, 11) is 5.59. The van der Waals surface area contributed by atoms with Crippen LogP contribution in [0.25, 0.3) is 0 Å². The van der Waals surface area contributed by atoms with Crippen LogP contribution in [0, 0.1) is 0 Å². The number of hydrogen-bond donors (Lipinski definition) is 1. The van der Waals surface area contributed by atoms with Crippen molar-refractivity contribution in [2.75, 3.05) is 27.7 Å². The highest BCUT2D eigenvalue weighted by molar-refractivity contribution is 5.79. The van der Waals surface area contributed by atoms with Crippen molar-refractivity contribution in [1.82, 2.24) is 10.2 Å². The number of guanidine groups is 1. The van der Waals surface area contributed by atoms with Crippen LogP contribution in [-0.2, 0) is 13.0 Å². The second kappa shape index (κ2) is 7.39. The molecule has 2 aromatic rings. The molecule has 0 saturated heterocycles. The Hall–Kier alpha value is -2.49. The minimum atomic E-state index is 0.581. The van der Waals surface area contributed by atoms with Gasteiger partial charge in [0.25, 0.3) is 0 Å². The fraction of sp³-hybridized carbons (Fsp3) is 0.350. The van der Waals surface area contributed by atoms with E-state index in [-0.39, 0.29) is 0 Å². The largest absolute Gasteiger partial charge is 0.496 e. The van der Waals surface area contributed by atoms with Crippen LogP contribution in [0.2, 0.25) is 0 Å². The van der Waals surface area contributed by atoms with Gasteiger partial charge in [-0.25, -0.2) is 0 Å². The summed E-state index contributed by atoms with van der Waals surface area (Å²) in [5, 5.41) is 3.50. The Morgan fingerprint density at radius 1 is 1.21 bits per heavy atom. The average molecular weight is 323 g/mol. The highest BCUT2D eigenvalue weighted by Crippen LogP contribution is 2.34. The maximum Gasteiger partial charge on any atom is 0.193 e. The third kappa shape index (κ3) is 3.37. The molecule has 1 unspecified atom stereocenters. The summed E-state index contributed by atoms with van der Waals surface area (Å²) in [5.41, 5.74) is 4.09. The molecule has 0 radical (unpaired) electrons. The van der Waals surface area contributed by atoms with Gasteiger partial charge in [0.05, 0.1) is 7.11 Å². The van der Waals surface area contributed by atoms with E-state index in [4.69, 9.17) is 4.74 Å². The molecule has 0 aliphatic heterocycles. The molecule has 0 spiro atoms. The maximum absolute atomic E-state index is 5.44. The lowest BCUT2D eigenvalue weighted by molar-refractivity contribution is 0.395. The lowest BCUT2D eigenvalue weighted by atomic mass is 9.78. The van der Waals surface area contributed by atoms with E-state index in [1.807, 2.05) is 25.2 Å². The van der Waals surface area contributed by atoms with Crippen molar-refractivity contribution >= 4 is 5.96 Å². The van der Waals surface area contributed by atoms with Gasteiger partial charge in [-0.3, -0.25) is 4.99 Å². The molecule has 24 heavy (non-hydrogen) atoms. The Labute approximate surface area is 144 Å². The molecule has 0 saturated carbocycles. The van der Waals surface area contributed by atoms with Gasteiger partial charge in [0, 0.05) is 38.7 Å². The highest BCUT2D eigenvalue weighted by Gasteiger charge is 2.25. The van der Waals surface area contributed by atoms with Gasteiger partial charge in [0.1, 0.15) is 5.75 Å². The van der Waals surface area contributed by atoms with Crippen molar-refractivity contribution in [2.24, 2.45) is 4.99 Å². The first-order valence-corrected chi connectivity index (χ1v) is 8.34. The molecule has 2 aromatic carbocycles. The first-order chi connectivity index (χ1) is 11.7. The molecule has 1 N–H and O–H groups in total. The zero-order chi connectivity index (χ0) is 16.9. The molecule has 4 nitrogen and oxygen atoms in total. The number of para-hydroxylation sites is 1. The van der Waals surface area contributed by atoms with Crippen LogP contribution < -0.4 is 10.1 Å². The molecular weight excluding hydrogens is 298 g/mol. The number of nitrogens with one attached hydrogen (secondary N) is 1. The van der Waals surface area contributed by atoms with Gasteiger partial charge in [0.15, 0.2) is 5.96 Å². The van der Waals surface area contributed by atoms with Crippen molar-refractivity contribution in [2.45, 2.75) is 18.9 Å². The van der Waals surface area contributed by atoms with Crippen LogP contribution in [-0.4, -0.2) is 38.6 Å². The van der Waals surface area contributed by atoms with Crippen LogP contribution >= 0.6 is 0 Å². The second-order valence-electron chi connectivity index (χ2n) is 6.20. The van der Waals surface area contributed by atoms with Crippen LogP contribution in [0.15, 0.2) is 53.5 Å². The number of rotatable bonds is 5. The Bertz CT molecular complexity index is 726. The Morgan fingerprint density at radius 2 is 1.96 bits per heavy atom. The zero-order valence-corrected chi connectivity index (χ0v) is 14.6. The fourth-order valence-electron chi connectivity index (χ4n) is 3.31. The standard InChI is InChI=1S/C20H25N3O/c1-21-20(22-13-17-12-15-8-4-6-10-18(15)17)23(2)14-16-9-5-7-11-19(16)24-3/h4-11,17H,12-14H2,1-3H3,(H,21,22). The molecule has 3 rings (SSSR count). The molecular formula is C20H25N3O. The molecule has 1 aliphatic rings. The molecule has 4 heteroatoms. The molecule has 0 aromatic heterocycles. The number of nitrogens with zero attached hydrogens (tertiary/aromatic N) is 2.